The van der Waals surface area contributed by atoms with Gasteiger partial charge in [-0.25, -0.2) is 0 Å². The molecule has 0 aliphatic carbocycles. The number of amides is 1. The smallest absolute Gasteiger partial charge is 0.234 e. The molecule has 2 rings (SSSR count). The molecule has 1 aromatic carbocycles. The number of hydrogen-bond acceptors (Lipinski definition) is 3. The molecule has 0 saturated carbocycles. The van der Waals surface area contributed by atoms with Crippen molar-refractivity contribution in [3.8, 4) is 0 Å². The van der Waals surface area contributed by atoms with Gasteiger partial charge in [-0.3, -0.25) is 14.6 Å². The van der Waals surface area contributed by atoms with Gasteiger partial charge in [-0.2, -0.15) is 0 Å². The molecule has 1 N–H and O–H groups in total. The summed E-state index contributed by atoms with van der Waals surface area (Å²) < 4.78 is 0. The minimum absolute atomic E-state index is 0.124. The van der Waals surface area contributed by atoms with E-state index in [1.165, 1.54) is 5.56 Å². The lowest BCUT2D eigenvalue weighted by Gasteiger charge is -2.34. The number of piperazine rings is 1. The highest BCUT2D eigenvalue weighted by atomic mass is 16.2. The van der Waals surface area contributed by atoms with E-state index in [-0.39, 0.29) is 11.4 Å². The fourth-order valence-electron chi connectivity index (χ4n) is 2.61. The van der Waals surface area contributed by atoms with Gasteiger partial charge in [0.05, 0.1) is 6.54 Å². The van der Waals surface area contributed by atoms with E-state index in [1.54, 1.807) is 0 Å². The zero-order chi connectivity index (χ0) is 15.3. The second kappa shape index (κ2) is 7.05. The molecule has 1 aromatic rings. The van der Waals surface area contributed by atoms with Crippen molar-refractivity contribution in [2.24, 2.45) is 0 Å². The predicted octanol–water partition coefficient (Wildman–Crippen LogP) is 1.72. The van der Waals surface area contributed by atoms with Crippen molar-refractivity contribution in [1.82, 2.24) is 15.1 Å². The molecule has 0 aromatic heterocycles. The molecular weight excluding hydrogens is 262 g/mol. The molecule has 116 valence electrons. The van der Waals surface area contributed by atoms with Crippen LogP contribution < -0.4 is 5.32 Å². The topological polar surface area (TPSA) is 35.6 Å². The molecule has 0 bridgehead atoms. The summed E-state index contributed by atoms with van der Waals surface area (Å²) in [6.45, 7) is 11.5. The first-order valence-electron chi connectivity index (χ1n) is 7.72. The standard InChI is InChI=1S/C17H27N3O/c1-17(2,3)18-16(21)14-20-11-9-19(10-12-20)13-15-7-5-4-6-8-15/h4-8H,9-14H2,1-3H3,(H,18,21). The maximum absolute atomic E-state index is 11.9. The third kappa shape index (κ3) is 5.86. The first kappa shape index (κ1) is 16.0. The Hall–Kier alpha value is -1.39. The summed E-state index contributed by atoms with van der Waals surface area (Å²) in [4.78, 5) is 16.6. The molecule has 1 saturated heterocycles. The molecular formula is C17H27N3O. The highest BCUT2D eigenvalue weighted by Gasteiger charge is 2.21. The van der Waals surface area contributed by atoms with Gasteiger partial charge in [0.2, 0.25) is 5.91 Å². The van der Waals surface area contributed by atoms with Crippen LogP contribution in [0.15, 0.2) is 30.3 Å². The number of carbonyl (C=O) groups is 1. The SMILES string of the molecule is CC(C)(C)NC(=O)CN1CCN(Cc2ccccc2)CC1. The Morgan fingerprint density at radius 1 is 1.05 bits per heavy atom. The Morgan fingerprint density at radius 2 is 1.62 bits per heavy atom. The fraction of sp³-hybridized carbons (Fsp3) is 0.588. The van der Waals surface area contributed by atoms with E-state index in [9.17, 15) is 4.79 Å². The van der Waals surface area contributed by atoms with Crippen molar-refractivity contribution in [2.45, 2.75) is 32.9 Å². The minimum Gasteiger partial charge on any atom is -0.350 e. The molecule has 1 fully saturated rings. The molecule has 1 amide bonds. The quantitative estimate of drug-likeness (QED) is 0.917. The number of carbonyl (C=O) groups excluding carboxylic acids is 1. The van der Waals surface area contributed by atoms with Gasteiger partial charge in [-0.15, -0.1) is 0 Å². The van der Waals surface area contributed by atoms with Crippen LogP contribution in [0.3, 0.4) is 0 Å². The van der Waals surface area contributed by atoms with Crippen LogP contribution in [0.1, 0.15) is 26.3 Å². The minimum atomic E-state index is -0.147. The number of nitrogens with one attached hydrogen (secondary N) is 1. The van der Waals surface area contributed by atoms with Crippen LogP contribution in [-0.2, 0) is 11.3 Å². The highest BCUT2D eigenvalue weighted by molar-refractivity contribution is 5.78. The van der Waals surface area contributed by atoms with Gasteiger partial charge in [-0.1, -0.05) is 30.3 Å². The van der Waals surface area contributed by atoms with Gasteiger partial charge in [0, 0.05) is 38.3 Å². The van der Waals surface area contributed by atoms with E-state index < -0.39 is 0 Å². The van der Waals surface area contributed by atoms with E-state index in [1.807, 2.05) is 20.8 Å². The molecule has 0 unspecified atom stereocenters. The number of rotatable bonds is 4. The summed E-state index contributed by atoms with van der Waals surface area (Å²) >= 11 is 0. The Labute approximate surface area is 128 Å². The average Bonchev–Trinajstić information content (AvgIpc) is 2.40. The average molecular weight is 289 g/mol. The fourth-order valence-corrected chi connectivity index (χ4v) is 2.61. The zero-order valence-electron chi connectivity index (χ0n) is 13.4. The largest absolute Gasteiger partial charge is 0.350 e. The second-order valence-corrected chi connectivity index (χ2v) is 6.84. The van der Waals surface area contributed by atoms with Crippen LogP contribution in [0.2, 0.25) is 0 Å². The molecule has 1 aliphatic heterocycles. The second-order valence-electron chi connectivity index (χ2n) is 6.84. The number of benzene rings is 1. The highest BCUT2D eigenvalue weighted by Crippen LogP contribution is 2.08. The van der Waals surface area contributed by atoms with Crippen LogP contribution in [0.4, 0.5) is 0 Å². The zero-order valence-corrected chi connectivity index (χ0v) is 13.4. The summed E-state index contributed by atoms with van der Waals surface area (Å²) in [5.74, 6) is 0.124. The molecule has 1 heterocycles. The lowest BCUT2D eigenvalue weighted by molar-refractivity contribution is -0.124. The molecule has 0 radical (unpaired) electrons. The Morgan fingerprint density at radius 3 is 2.19 bits per heavy atom. The number of hydrogen-bond donors (Lipinski definition) is 1. The summed E-state index contributed by atoms with van der Waals surface area (Å²) in [6, 6.07) is 10.6. The van der Waals surface area contributed by atoms with E-state index >= 15 is 0 Å². The van der Waals surface area contributed by atoms with E-state index in [4.69, 9.17) is 0 Å². The third-order valence-electron chi connectivity index (χ3n) is 3.60. The molecule has 0 spiro atoms. The van der Waals surface area contributed by atoms with E-state index in [0.717, 1.165) is 32.7 Å². The number of nitrogens with zero attached hydrogens (tertiary/aromatic N) is 2. The Bertz CT molecular complexity index is 445. The van der Waals surface area contributed by atoms with Gasteiger partial charge in [-0.05, 0) is 26.3 Å². The maximum Gasteiger partial charge on any atom is 0.234 e. The molecule has 4 nitrogen and oxygen atoms in total. The van der Waals surface area contributed by atoms with Crippen molar-refractivity contribution in [1.29, 1.82) is 0 Å². The van der Waals surface area contributed by atoms with Gasteiger partial charge in [0.1, 0.15) is 0 Å². The van der Waals surface area contributed by atoms with Gasteiger partial charge >= 0.3 is 0 Å². The van der Waals surface area contributed by atoms with E-state index in [2.05, 4.69) is 45.4 Å². The van der Waals surface area contributed by atoms with Crippen LogP contribution >= 0.6 is 0 Å². The van der Waals surface area contributed by atoms with Crippen molar-refractivity contribution < 1.29 is 4.79 Å². The van der Waals surface area contributed by atoms with Crippen LogP contribution in [0.25, 0.3) is 0 Å². The monoisotopic (exact) mass is 289 g/mol. The van der Waals surface area contributed by atoms with Crippen molar-refractivity contribution >= 4 is 5.91 Å². The van der Waals surface area contributed by atoms with Gasteiger partial charge in [0.15, 0.2) is 0 Å². The van der Waals surface area contributed by atoms with Gasteiger partial charge < -0.3 is 5.32 Å². The summed E-state index contributed by atoms with van der Waals surface area (Å²) in [5, 5.41) is 3.02. The molecule has 21 heavy (non-hydrogen) atoms. The van der Waals surface area contributed by atoms with Crippen LogP contribution in [0, 0.1) is 0 Å². The van der Waals surface area contributed by atoms with Crippen LogP contribution in [-0.4, -0.2) is 54.0 Å². The Kier molecular flexibility index (Phi) is 5.37. The Balaban J connectivity index is 1.72. The first-order chi connectivity index (χ1) is 9.92. The first-order valence-corrected chi connectivity index (χ1v) is 7.72. The lowest BCUT2D eigenvalue weighted by atomic mass is 10.1. The normalized spacial score (nSPS) is 17.7. The molecule has 0 atom stereocenters. The van der Waals surface area contributed by atoms with Gasteiger partial charge in [0.25, 0.3) is 0 Å². The summed E-state index contributed by atoms with van der Waals surface area (Å²) in [7, 11) is 0. The predicted molar refractivity (Wildman–Crippen MR) is 86.1 cm³/mol. The van der Waals surface area contributed by atoms with Crippen molar-refractivity contribution in [3.05, 3.63) is 35.9 Å². The summed E-state index contributed by atoms with van der Waals surface area (Å²) in [5.41, 5.74) is 1.21. The third-order valence-corrected chi connectivity index (χ3v) is 3.60. The van der Waals surface area contributed by atoms with Crippen molar-refractivity contribution in [3.63, 3.8) is 0 Å². The van der Waals surface area contributed by atoms with E-state index in [0.29, 0.717) is 6.54 Å². The molecule has 4 heteroatoms. The summed E-state index contributed by atoms with van der Waals surface area (Å²) in [6.07, 6.45) is 0. The maximum atomic E-state index is 11.9. The van der Waals surface area contributed by atoms with Crippen molar-refractivity contribution in [2.75, 3.05) is 32.7 Å². The van der Waals surface area contributed by atoms with Crippen LogP contribution in [0.5, 0.6) is 0 Å². The lowest BCUT2D eigenvalue weighted by Crippen LogP contribution is -2.51. The molecule has 1 aliphatic rings.